The Labute approximate surface area is 195 Å². The summed E-state index contributed by atoms with van der Waals surface area (Å²) in [6.45, 7) is 1.92. The number of ether oxygens (including phenoxy) is 2. The number of hydrogen-bond acceptors (Lipinski definition) is 6. The number of benzene rings is 2. The Morgan fingerprint density at radius 1 is 0.971 bits per heavy atom. The van der Waals surface area contributed by atoms with E-state index in [0.29, 0.717) is 23.3 Å². The van der Waals surface area contributed by atoms with Crippen LogP contribution in [0.15, 0.2) is 61.1 Å². The molecule has 0 spiro atoms. The Bertz CT molecular complexity index is 1490. The molecular formula is C25H23FN6O2. The average Bonchev–Trinajstić information content (AvgIpc) is 3.43. The Balaban J connectivity index is 1.58. The molecule has 0 saturated heterocycles. The van der Waals surface area contributed by atoms with Crippen LogP contribution in [0.1, 0.15) is 5.69 Å². The summed E-state index contributed by atoms with van der Waals surface area (Å²) in [6, 6.07) is 13.8. The SMILES string of the molecule is COc1cc(Nc2ccc(-n3cnc(C)c3)c(OC)n2)c2nc(-c3ccc(F)cc3)n(C)c2c1. The van der Waals surface area contributed by atoms with Gasteiger partial charge in [-0.3, -0.25) is 0 Å². The molecule has 5 rings (SSSR count). The summed E-state index contributed by atoms with van der Waals surface area (Å²) < 4.78 is 28.3. The van der Waals surface area contributed by atoms with Crippen molar-refractivity contribution in [2.75, 3.05) is 19.5 Å². The van der Waals surface area contributed by atoms with Crippen molar-refractivity contribution >= 4 is 22.5 Å². The summed E-state index contributed by atoms with van der Waals surface area (Å²) in [7, 11) is 5.11. The van der Waals surface area contributed by atoms with E-state index in [1.54, 1.807) is 32.7 Å². The summed E-state index contributed by atoms with van der Waals surface area (Å²) >= 11 is 0. The Hall–Kier alpha value is -4.40. The van der Waals surface area contributed by atoms with Crippen LogP contribution in [0.3, 0.4) is 0 Å². The van der Waals surface area contributed by atoms with Crippen molar-refractivity contribution in [3.63, 3.8) is 0 Å². The lowest BCUT2D eigenvalue weighted by Gasteiger charge is -2.12. The highest BCUT2D eigenvalue weighted by Crippen LogP contribution is 2.34. The molecule has 5 aromatic rings. The number of hydrogen-bond donors (Lipinski definition) is 1. The third-order valence-corrected chi connectivity index (χ3v) is 5.58. The maximum atomic E-state index is 13.4. The molecule has 1 N–H and O–H groups in total. The number of halogens is 1. The van der Waals surface area contributed by atoms with E-state index < -0.39 is 0 Å². The lowest BCUT2D eigenvalue weighted by Crippen LogP contribution is -2.02. The van der Waals surface area contributed by atoms with Crippen LogP contribution in [0.2, 0.25) is 0 Å². The van der Waals surface area contributed by atoms with E-state index in [2.05, 4.69) is 15.3 Å². The van der Waals surface area contributed by atoms with E-state index in [9.17, 15) is 4.39 Å². The van der Waals surface area contributed by atoms with Gasteiger partial charge in [-0.2, -0.15) is 4.98 Å². The second kappa shape index (κ2) is 8.51. The number of methoxy groups -OCH3 is 2. The molecule has 0 amide bonds. The van der Waals surface area contributed by atoms with Crippen LogP contribution in [0, 0.1) is 12.7 Å². The predicted octanol–water partition coefficient (Wildman–Crippen LogP) is 5.03. The van der Waals surface area contributed by atoms with Crippen LogP contribution in [0.5, 0.6) is 11.6 Å². The second-order valence-corrected chi connectivity index (χ2v) is 7.82. The van der Waals surface area contributed by atoms with E-state index in [0.717, 1.165) is 33.7 Å². The molecule has 3 heterocycles. The van der Waals surface area contributed by atoms with E-state index in [1.807, 2.05) is 53.6 Å². The van der Waals surface area contributed by atoms with Gasteiger partial charge in [0, 0.05) is 30.9 Å². The van der Waals surface area contributed by atoms with E-state index in [-0.39, 0.29) is 5.82 Å². The molecule has 0 saturated carbocycles. The van der Waals surface area contributed by atoms with Gasteiger partial charge in [0.25, 0.3) is 0 Å². The molecule has 9 heteroatoms. The second-order valence-electron chi connectivity index (χ2n) is 7.82. The van der Waals surface area contributed by atoms with E-state index in [1.165, 1.54) is 12.1 Å². The first kappa shape index (κ1) is 21.4. The van der Waals surface area contributed by atoms with Gasteiger partial charge < -0.3 is 23.9 Å². The van der Waals surface area contributed by atoms with Crippen molar-refractivity contribution in [3.8, 4) is 28.7 Å². The fraction of sp³-hybridized carbons (Fsp3) is 0.160. The normalized spacial score (nSPS) is 11.1. The Morgan fingerprint density at radius 2 is 1.76 bits per heavy atom. The van der Waals surface area contributed by atoms with Crippen molar-refractivity contribution in [1.29, 1.82) is 0 Å². The number of pyridine rings is 1. The molecule has 0 aliphatic heterocycles. The number of aromatic nitrogens is 5. The van der Waals surface area contributed by atoms with Crippen LogP contribution < -0.4 is 14.8 Å². The largest absolute Gasteiger partial charge is 0.497 e. The van der Waals surface area contributed by atoms with Crippen molar-refractivity contribution in [2.45, 2.75) is 6.92 Å². The van der Waals surface area contributed by atoms with Gasteiger partial charge in [-0.05, 0) is 43.3 Å². The molecule has 34 heavy (non-hydrogen) atoms. The van der Waals surface area contributed by atoms with Crippen molar-refractivity contribution in [3.05, 3.63) is 72.6 Å². The maximum Gasteiger partial charge on any atom is 0.240 e. The van der Waals surface area contributed by atoms with Gasteiger partial charge in [0.05, 0.1) is 37.4 Å². The first-order valence-electron chi connectivity index (χ1n) is 10.6. The topological polar surface area (TPSA) is 79.0 Å². The number of nitrogens with zero attached hydrogens (tertiary/aromatic N) is 5. The molecule has 0 fully saturated rings. The molecule has 0 radical (unpaired) electrons. The highest BCUT2D eigenvalue weighted by molar-refractivity contribution is 5.94. The molecular weight excluding hydrogens is 435 g/mol. The van der Waals surface area contributed by atoms with Crippen LogP contribution in [0.25, 0.3) is 28.1 Å². The molecule has 0 atom stereocenters. The number of imidazole rings is 2. The molecule has 8 nitrogen and oxygen atoms in total. The Morgan fingerprint density at radius 3 is 2.44 bits per heavy atom. The fourth-order valence-corrected chi connectivity index (χ4v) is 3.87. The minimum Gasteiger partial charge on any atom is -0.497 e. The first-order chi connectivity index (χ1) is 16.5. The third kappa shape index (κ3) is 3.81. The van der Waals surface area contributed by atoms with Crippen molar-refractivity contribution in [2.24, 2.45) is 7.05 Å². The zero-order valence-corrected chi connectivity index (χ0v) is 19.2. The maximum absolute atomic E-state index is 13.4. The number of rotatable bonds is 6. The van der Waals surface area contributed by atoms with Gasteiger partial charge >= 0.3 is 0 Å². The average molecular weight is 458 g/mol. The van der Waals surface area contributed by atoms with Crippen molar-refractivity contribution in [1.82, 2.24) is 24.1 Å². The van der Waals surface area contributed by atoms with E-state index in [4.69, 9.17) is 14.5 Å². The number of aryl methyl sites for hydroxylation is 2. The number of fused-ring (bicyclic) bond motifs is 1. The summed E-state index contributed by atoms with van der Waals surface area (Å²) in [5, 5.41) is 3.35. The highest BCUT2D eigenvalue weighted by Gasteiger charge is 2.17. The monoisotopic (exact) mass is 458 g/mol. The lowest BCUT2D eigenvalue weighted by molar-refractivity contribution is 0.396. The molecule has 0 aliphatic rings. The Kier molecular flexibility index (Phi) is 5.37. The van der Waals surface area contributed by atoms with Crippen LogP contribution >= 0.6 is 0 Å². The summed E-state index contributed by atoms with van der Waals surface area (Å²) in [5.41, 5.74) is 4.80. The zero-order valence-electron chi connectivity index (χ0n) is 19.2. The fourth-order valence-electron chi connectivity index (χ4n) is 3.87. The van der Waals surface area contributed by atoms with Crippen LogP contribution in [-0.2, 0) is 7.05 Å². The van der Waals surface area contributed by atoms with Gasteiger partial charge in [-0.25, -0.2) is 14.4 Å². The molecule has 2 aromatic carbocycles. The quantitative estimate of drug-likeness (QED) is 0.385. The predicted molar refractivity (Wildman–Crippen MR) is 129 cm³/mol. The van der Waals surface area contributed by atoms with Gasteiger partial charge in [0.1, 0.15) is 34.4 Å². The summed E-state index contributed by atoms with van der Waals surface area (Å²) in [6.07, 6.45) is 3.63. The number of nitrogens with one attached hydrogen (secondary N) is 1. The van der Waals surface area contributed by atoms with E-state index >= 15 is 0 Å². The van der Waals surface area contributed by atoms with Crippen LogP contribution in [0.4, 0.5) is 15.9 Å². The van der Waals surface area contributed by atoms with Gasteiger partial charge in [-0.15, -0.1) is 0 Å². The highest BCUT2D eigenvalue weighted by atomic mass is 19.1. The van der Waals surface area contributed by atoms with Crippen molar-refractivity contribution < 1.29 is 13.9 Å². The standard InChI is InChI=1S/C25H23FN6O2/c1-15-13-32(14-27-15)20-9-10-22(29-25(20)34-4)28-19-11-18(33-3)12-21-23(19)30-24(31(21)2)16-5-7-17(26)8-6-16/h5-14H,1-4H3,(H,28,29). The van der Waals surface area contributed by atoms with Gasteiger partial charge in [0.2, 0.25) is 5.88 Å². The minimum atomic E-state index is -0.291. The minimum absolute atomic E-state index is 0.291. The number of anilines is 2. The molecule has 0 unspecified atom stereocenters. The lowest BCUT2D eigenvalue weighted by atomic mass is 10.2. The van der Waals surface area contributed by atoms with Gasteiger partial charge in [-0.1, -0.05) is 0 Å². The first-order valence-corrected chi connectivity index (χ1v) is 10.6. The molecule has 3 aromatic heterocycles. The third-order valence-electron chi connectivity index (χ3n) is 5.58. The van der Waals surface area contributed by atoms with Gasteiger partial charge in [0.15, 0.2) is 0 Å². The molecule has 0 aliphatic carbocycles. The molecule has 0 bridgehead atoms. The zero-order chi connectivity index (χ0) is 23.8. The summed E-state index contributed by atoms with van der Waals surface area (Å²) in [4.78, 5) is 13.7. The smallest absolute Gasteiger partial charge is 0.240 e. The molecule has 172 valence electrons. The summed E-state index contributed by atoms with van der Waals surface area (Å²) in [5.74, 6) is 2.13. The van der Waals surface area contributed by atoms with Crippen LogP contribution in [-0.4, -0.2) is 38.3 Å².